The summed E-state index contributed by atoms with van der Waals surface area (Å²) in [5.41, 5.74) is 5.57. The molecule has 1 aliphatic carbocycles. The number of hydrogen-bond acceptors (Lipinski definition) is 5. The van der Waals surface area contributed by atoms with E-state index in [0.717, 1.165) is 24.8 Å². The maximum atomic E-state index is 13.7. The van der Waals surface area contributed by atoms with Gasteiger partial charge in [-0.15, -0.1) is 0 Å². The molecule has 1 atom stereocenters. The Balaban J connectivity index is 1.60. The fourth-order valence-corrected chi connectivity index (χ4v) is 4.68. The van der Waals surface area contributed by atoms with E-state index in [1.807, 2.05) is 11.2 Å². The number of rotatable bonds is 9. The number of halogens is 3. The van der Waals surface area contributed by atoms with E-state index in [2.05, 4.69) is 10.1 Å². The largest absolute Gasteiger partial charge is 0.432 e. The first kappa shape index (κ1) is 26.6. The average Bonchev–Trinajstić information content (AvgIpc) is 3.64. The number of hydrogen-bond donors (Lipinski definition) is 3. The lowest BCUT2D eigenvalue weighted by Crippen LogP contribution is -2.30. The summed E-state index contributed by atoms with van der Waals surface area (Å²) in [6.45, 7) is 0.207. The zero-order valence-corrected chi connectivity index (χ0v) is 21.0. The molecule has 2 aromatic heterocycles. The third-order valence-corrected chi connectivity index (χ3v) is 7.04. The summed E-state index contributed by atoms with van der Waals surface area (Å²) in [7, 11) is 0. The van der Waals surface area contributed by atoms with Crippen LogP contribution in [0.5, 0.6) is 0 Å². The fourth-order valence-electron chi connectivity index (χ4n) is 4.68. The van der Waals surface area contributed by atoms with Crippen LogP contribution in [0, 0.1) is 5.92 Å². The van der Waals surface area contributed by atoms with E-state index in [9.17, 15) is 23.1 Å². The highest BCUT2D eigenvalue weighted by atomic mass is 19.4. The van der Waals surface area contributed by atoms with E-state index in [1.54, 1.807) is 67.0 Å². The number of H-pyrrole nitrogens is 1. The van der Waals surface area contributed by atoms with Gasteiger partial charge < -0.3 is 10.8 Å². The number of nitrogens with zero attached hydrogens (tertiary/aromatic N) is 3. The zero-order valence-electron chi connectivity index (χ0n) is 21.0. The lowest BCUT2D eigenvalue weighted by molar-refractivity contribution is -0.141. The number of carbonyl (C=O) groups excluding carboxylic acids is 1. The van der Waals surface area contributed by atoms with Crippen molar-refractivity contribution in [3.8, 4) is 0 Å². The van der Waals surface area contributed by atoms with Crippen molar-refractivity contribution in [1.29, 1.82) is 0 Å². The van der Waals surface area contributed by atoms with Gasteiger partial charge in [0.1, 0.15) is 11.3 Å². The Morgan fingerprint density at radius 3 is 2.38 bits per heavy atom. The first-order valence-corrected chi connectivity index (χ1v) is 12.7. The molecule has 2 heterocycles. The van der Waals surface area contributed by atoms with E-state index in [4.69, 9.17) is 5.73 Å². The second-order valence-electron chi connectivity index (χ2n) is 9.81. The summed E-state index contributed by atoms with van der Waals surface area (Å²) >= 11 is 0. The normalized spacial score (nSPS) is 15.1. The van der Waals surface area contributed by atoms with Crippen LogP contribution in [0.25, 0.3) is 0 Å². The second-order valence-corrected chi connectivity index (χ2v) is 9.81. The lowest BCUT2D eigenvalue weighted by Gasteiger charge is -2.31. The second kappa shape index (κ2) is 10.6. The minimum atomic E-state index is -4.68. The number of nitrogens with one attached hydrogen (secondary N) is 1. The molecule has 7 nitrogen and oxygen atoms in total. The van der Waals surface area contributed by atoms with E-state index in [0.29, 0.717) is 40.9 Å². The van der Waals surface area contributed by atoms with Gasteiger partial charge in [-0.2, -0.15) is 18.3 Å². The van der Waals surface area contributed by atoms with Gasteiger partial charge in [0, 0.05) is 41.9 Å². The number of aromatic nitrogens is 3. The van der Waals surface area contributed by atoms with Gasteiger partial charge in [-0.25, -0.2) is 0 Å². The Labute approximate surface area is 223 Å². The Kier molecular flexibility index (Phi) is 7.24. The molecule has 0 aliphatic heterocycles. The Morgan fingerprint density at radius 1 is 1.03 bits per heavy atom. The SMILES string of the molecule is NCc1cccc(N(C(=O)c2cc(C(F)(F)F)[nH]n2)c2cccc(C(O)(CCC3CC3)c3cccnc3)c2)c1. The molecule has 5 rings (SSSR count). The van der Waals surface area contributed by atoms with Crippen LogP contribution in [0.15, 0.2) is 79.1 Å². The number of amides is 1. The monoisotopic (exact) mass is 535 g/mol. The molecule has 39 heavy (non-hydrogen) atoms. The average molecular weight is 536 g/mol. The topological polar surface area (TPSA) is 108 Å². The summed E-state index contributed by atoms with van der Waals surface area (Å²) in [4.78, 5) is 19.2. The minimum absolute atomic E-state index is 0.207. The van der Waals surface area contributed by atoms with Crippen molar-refractivity contribution in [2.24, 2.45) is 11.7 Å². The first-order valence-electron chi connectivity index (χ1n) is 12.7. The van der Waals surface area contributed by atoms with Crippen LogP contribution in [0.3, 0.4) is 0 Å². The quantitative estimate of drug-likeness (QED) is 0.255. The van der Waals surface area contributed by atoms with Crippen molar-refractivity contribution >= 4 is 17.3 Å². The summed E-state index contributed by atoms with van der Waals surface area (Å²) in [5.74, 6) is -0.202. The van der Waals surface area contributed by atoms with E-state index in [1.165, 1.54) is 4.90 Å². The van der Waals surface area contributed by atoms with Gasteiger partial charge in [0.2, 0.25) is 0 Å². The van der Waals surface area contributed by atoms with Gasteiger partial charge in [-0.3, -0.25) is 19.8 Å². The molecular weight excluding hydrogens is 507 g/mol. The van der Waals surface area contributed by atoms with E-state index >= 15 is 0 Å². The lowest BCUT2D eigenvalue weighted by atomic mass is 9.82. The van der Waals surface area contributed by atoms with Crippen molar-refractivity contribution in [3.05, 3.63) is 107 Å². The highest BCUT2D eigenvalue weighted by molar-refractivity contribution is 6.10. The number of alkyl halides is 3. The van der Waals surface area contributed by atoms with Gasteiger partial charge in [-0.1, -0.05) is 43.2 Å². The molecule has 0 radical (unpaired) electrons. The third kappa shape index (κ3) is 5.71. The molecule has 4 aromatic rings. The van der Waals surface area contributed by atoms with Crippen LogP contribution in [0.4, 0.5) is 24.5 Å². The molecule has 1 aliphatic rings. The molecule has 2 aromatic carbocycles. The summed E-state index contributed by atoms with van der Waals surface area (Å²) in [6.07, 6.45) is 2.11. The van der Waals surface area contributed by atoms with E-state index in [-0.39, 0.29) is 6.54 Å². The summed E-state index contributed by atoms with van der Waals surface area (Å²) < 4.78 is 39.7. The van der Waals surface area contributed by atoms with Crippen LogP contribution >= 0.6 is 0 Å². The number of nitrogens with two attached hydrogens (primary N) is 1. The molecule has 202 valence electrons. The number of benzene rings is 2. The van der Waals surface area contributed by atoms with Crippen molar-refractivity contribution < 1.29 is 23.1 Å². The van der Waals surface area contributed by atoms with Crippen molar-refractivity contribution in [2.45, 2.75) is 44.0 Å². The van der Waals surface area contributed by atoms with Crippen LogP contribution < -0.4 is 10.6 Å². The smallest absolute Gasteiger partial charge is 0.380 e. The molecular formula is C29H28F3N5O2. The molecule has 1 amide bonds. The van der Waals surface area contributed by atoms with Gasteiger partial charge in [0.15, 0.2) is 5.69 Å². The molecule has 4 N–H and O–H groups in total. The van der Waals surface area contributed by atoms with Gasteiger partial charge >= 0.3 is 6.18 Å². The van der Waals surface area contributed by atoms with Crippen LogP contribution in [-0.4, -0.2) is 26.2 Å². The van der Waals surface area contributed by atoms with Crippen LogP contribution in [0.2, 0.25) is 0 Å². The summed E-state index contributed by atoms with van der Waals surface area (Å²) in [6, 6.07) is 18.0. The summed E-state index contributed by atoms with van der Waals surface area (Å²) in [5, 5.41) is 17.6. The van der Waals surface area contributed by atoms with Gasteiger partial charge in [0.05, 0.1) is 0 Å². The first-order chi connectivity index (χ1) is 18.7. The minimum Gasteiger partial charge on any atom is -0.380 e. The Hall–Kier alpha value is -4.02. The van der Waals surface area contributed by atoms with Gasteiger partial charge in [-0.05, 0) is 60.2 Å². The highest BCUT2D eigenvalue weighted by Gasteiger charge is 2.37. The predicted molar refractivity (Wildman–Crippen MR) is 140 cm³/mol. The van der Waals surface area contributed by atoms with Crippen molar-refractivity contribution in [2.75, 3.05) is 4.90 Å². The molecule has 1 fully saturated rings. The number of pyridine rings is 1. The van der Waals surface area contributed by atoms with Crippen molar-refractivity contribution in [1.82, 2.24) is 15.2 Å². The third-order valence-electron chi connectivity index (χ3n) is 7.04. The Morgan fingerprint density at radius 2 is 1.74 bits per heavy atom. The highest BCUT2D eigenvalue weighted by Crippen LogP contribution is 2.42. The molecule has 0 spiro atoms. The number of carbonyl (C=O) groups is 1. The number of anilines is 2. The molecule has 1 saturated carbocycles. The van der Waals surface area contributed by atoms with Crippen molar-refractivity contribution in [3.63, 3.8) is 0 Å². The fraction of sp³-hybridized carbons (Fsp3) is 0.276. The van der Waals surface area contributed by atoms with E-state index < -0.39 is 29.1 Å². The van der Waals surface area contributed by atoms with Crippen LogP contribution in [-0.2, 0) is 18.3 Å². The predicted octanol–water partition coefficient (Wildman–Crippen LogP) is 5.69. The number of aromatic amines is 1. The maximum absolute atomic E-state index is 13.7. The number of aliphatic hydroxyl groups is 1. The molecule has 0 bridgehead atoms. The van der Waals surface area contributed by atoms with Gasteiger partial charge in [0.25, 0.3) is 5.91 Å². The van der Waals surface area contributed by atoms with Crippen LogP contribution in [0.1, 0.15) is 58.6 Å². The molecule has 10 heteroatoms. The Bertz CT molecular complexity index is 1450. The molecule has 1 unspecified atom stereocenters. The molecule has 0 saturated heterocycles. The zero-order chi connectivity index (χ0) is 27.6. The maximum Gasteiger partial charge on any atom is 0.432 e. The standard InChI is InChI=1S/C29H28F3N5O2/c30-29(31,32)26-16-25(35-36-26)27(38)37(23-7-1-4-20(14-23)17-33)24-8-2-5-21(15-24)28(39,12-11-19-9-10-19)22-6-3-13-34-18-22/h1-8,13-16,18-19,39H,9-12,17,33H2,(H,35,36).